The number of benzene rings is 1. The van der Waals surface area contributed by atoms with E-state index in [-0.39, 0.29) is 5.91 Å². The minimum Gasteiger partial charge on any atom is -0.392 e. The third-order valence-electron chi connectivity index (χ3n) is 3.50. The zero-order chi connectivity index (χ0) is 15.6. The quantitative estimate of drug-likeness (QED) is 0.795. The van der Waals surface area contributed by atoms with E-state index in [9.17, 15) is 23.1 Å². The molecule has 3 atom stereocenters. The molecule has 1 aromatic rings. The van der Waals surface area contributed by atoms with Crippen LogP contribution in [0.4, 0.5) is 13.2 Å². The van der Waals surface area contributed by atoms with Gasteiger partial charge in [-0.25, -0.2) is 0 Å². The summed E-state index contributed by atoms with van der Waals surface area (Å²) in [7, 11) is 0. The van der Waals surface area contributed by atoms with E-state index < -0.39 is 29.9 Å². The number of halogens is 3. The minimum atomic E-state index is -4.41. The lowest BCUT2D eigenvalue weighted by Crippen LogP contribution is -2.41. The molecule has 1 aliphatic rings. The third kappa shape index (κ3) is 3.95. The molecular weight excluding hydrogens is 285 g/mol. The molecule has 2 rings (SSSR count). The van der Waals surface area contributed by atoms with Gasteiger partial charge in [-0.2, -0.15) is 13.2 Å². The van der Waals surface area contributed by atoms with Gasteiger partial charge in [-0.05, 0) is 31.0 Å². The Morgan fingerprint density at radius 3 is 2.76 bits per heavy atom. The van der Waals surface area contributed by atoms with Crippen LogP contribution in [0.25, 0.3) is 0 Å². The summed E-state index contributed by atoms with van der Waals surface area (Å²) in [6, 6.07) is 3.83. The second-order valence-corrected chi connectivity index (χ2v) is 5.20. The molecule has 1 aliphatic heterocycles. The molecule has 0 spiro atoms. The van der Waals surface area contributed by atoms with Crippen LogP contribution in [0.3, 0.4) is 0 Å². The number of aliphatic hydroxyl groups excluding tert-OH is 1. The van der Waals surface area contributed by atoms with Crippen LogP contribution in [0.5, 0.6) is 0 Å². The van der Waals surface area contributed by atoms with Crippen molar-refractivity contribution in [2.75, 3.05) is 6.54 Å². The van der Waals surface area contributed by atoms with E-state index in [4.69, 9.17) is 0 Å². The number of aliphatic hydroxyl groups is 1. The Bertz CT molecular complexity index is 519. The van der Waals surface area contributed by atoms with E-state index in [0.717, 1.165) is 12.1 Å². The van der Waals surface area contributed by atoms with Crippen LogP contribution in [-0.2, 0) is 11.0 Å². The molecule has 0 radical (unpaired) electrons. The number of alkyl halides is 3. The summed E-state index contributed by atoms with van der Waals surface area (Å²) in [5.41, 5.74) is -0.354. The maximum absolute atomic E-state index is 12.7. The minimum absolute atomic E-state index is 0.307. The predicted octanol–water partition coefficient (Wildman–Crippen LogP) is 1.61. The number of hydrogen-bond acceptors (Lipinski definition) is 3. The smallest absolute Gasteiger partial charge is 0.392 e. The maximum atomic E-state index is 12.7. The van der Waals surface area contributed by atoms with Crippen LogP contribution in [0.15, 0.2) is 24.3 Å². The van der Waals surface area contributed by atoms with Gasteiger partial charge in [0.2, 0.25) is 5.91 Å². The molecule has 0 saturated carbocycles. The molecule has 1 fully saturated rings. The highest BCUT2D eigenvalue weighted by Gasteiger charge is 2.31. The predicted molar refractivity (Wildman–Crippen MR) is 70.4 cm³/mol. The first-order valence-electron chi connectivity index (χ1n) is 6.66. The van der Waals surface area contributed by atoms with Crippen molar-refractivity contribution in [2.24, 2.45) is 0 Å². The fraction of sp³-hybridized carbons (Fsp3) is 0.500. The normalized spacial score (nSPS) is 23.9. The molecule has 116 valence electrons. The van der Waals surface area contributed by atoms with Crippen LogP contribution >= 0.6 is 0 Å². The lowest BCUT2D eigenvalue weighted by atomic mass is 10.0. The number of rotatable bonds is 3. The summed E-state index contributed by atoms with van der Waals surface area (Å²) in [6.45, 7) is 1.97. The highest BCUT2D eigenvalue weighted by atomic mass is 19.4. The van der Waals surface area contributed by atoms with Crippen molar-refractivity contribution < 1.29 is 23.1 Å². The molecule has 0 aliphatic carbocycles. The number of β-amino-alcohol motifs (C(OH)–C–C–N with tert-alkyl or cyclic N) is 1. The molecule has 0 unspecified atom stereocenters. The first kappa shape index (κ1) is 15.8. The molecular formula is C14H17F3N2O2. The Morgan fingerprint density at radius 2 is 2.19 bits per heavy atom. The van der Waals surface area contributed by atoms with Gasteiger partial charge in [-0.3, -0.25) is 4.79 Å². The van der Waals surface area contributed by atoms with E-state index >= 15 is 0 Å². The number of hydrogen-bond donors (Lipinski definition) is 3. The van der Waals surface area contributed by atoms with Crippen molar-refractivity contribution in [3.05, 3.63) is 35.4 Å². The molecule has 1 aromatic carbocycles. The van der Waals surface area contributed by atoms with Crippen LogP contribution in [0.1, 0.15) is 30.5 Å². The average Bonchev–Trinajstić information content (AvgIpc) is 2.84. The van der Waals surface area contributed by atoms with E-state index in [1.807, 2.05) is 0 Å². The van der Waals surface area contributed by atoms with Crippen LogP contribution in [0.2, 0.25) is 0 Å². The molecule has 1 amide bonds. The van der Waals surface area contributed by atoms with Gasteiger partial charge in [-0.1, -0.05) is 12.1 Å². The number of nitrogens with one attached hydrogen (secondary N) is 2. The highest BCUT2D eigenvalue weighted by molar-refractivity contribution is 5.82. The first-order chi connectivity index (χ1) is 9.77. The lowest BCUT2D eigenvalue weighted by Gasteiger charge is -2.18. The van der Waals surface area contributed by atoms with E-state index in [1.165, 1.54) is 12.1 Å². The average molecular weight is 302 g/mol. The van der Waals surface area contributed by atoms with Gasteiger partial charge in [-0.15, -0.1) is 0 Å². The molecule has 1 saturated heterocycles. The van der Waals surface area contributed by atoms with Gasteiger partial charge >= 0.3 is 6.18 Å². The summed E-state index contributed by atoms with van der Waals surface area (Å²) in [4.78, 5) is 11.9. The van der Waals surface area contributed by atoms with Gasteiger partial charge < -0.3 is 15.7 Å². The van der Waals surface area contributed by atoms with Crippen molar-refractivity contribution in [1.29, 1.82) is 0 Å². The largest absolute Gasteiger partial charge is 0.416 e. The topological polar surface area (TPSA) is 61.4 Å². The first-order valence-corrected chi connectivity index (χ1v) is 6.66. The fourth-order valence-electron chi connectivity index (χ4n) is 2.30. The molecule has 21 heavy (non-hydrogen) atoms. The Labute approximate surface area is 120 Å². The van der Waals surface area contributed by atoms with Crippen molar-refractivity contribution in [2.45, 2.75) is 37.7 Å². The van der Waals surface area contributed by atoms with Gasteiger partial charge in [0.05, 0.1) is 23.8 Å². The SMILES string of the molecule is C[C@H](NC(=O)[C@@H]1C[C@H](O)CN1)c1cccc(C(F)(F)F)c1. The third-order valence-corrected chi connectivity index (χ3v) is 3.50. The van der Waals surface area contributed by atoms with Crippen LogP contribution in [0, 0.1) is 0 Å². The fourth-order valence-corrected chi connectivity index (χ4v) is 2.30. The van der Waals surface area contributed by atoms with Gasteiger partial charge in [0, 0.05) is 6.54 Å². The van der Waals surface area contributed by atoms with Gasteiger partial charge in [0.25, 0.3) is 0 Å². The van der Waals surface area contributed by atoms with Crippen molar-refractivity contribution in [1.82, 2.24) is 10.6 Å². The zero-order valence-electron chi connectivity index (χ0n) is 11.4. The molecule has 7 heteroatoms. The van der Waals surface area contributed by atoms with E-state index in [2.05, 4.69) is 10.6 Å². The standard InChI is InChI=1S/C14H17F3N2O2/c1-8(19-13(21)12-6-11(20)7-18-12)9-3-2-4-10(5-9)14(15,16)17/h2-5,8,11-12,18,20H,6-7H2,1H3,(H,19,21)/t8-,11-,12-/m0/s1. The highest BCUT2D eigenvalue weighted by Crippen LogP contribution is 2.30. The van der Waals surface area contributed by atoms with Gasteiger partial charge in [0.15, 0.2) is 0 Å². The summed E-state index contributed by atoms with van der Waals surface area (Å²) in [6.07, 6.45) is -4.66. The number of amides is 1. The Kier molecular flexibility index (Phi) is 4.53. The van der Waals surface area contributed by atoms with E-state index in [1.54, 1.807) is 6.92 Å². The van der Waals surface area contributed by atoms with Gasteiger partial charge in [0.1, 0.15) is 0 Å². The zero-order valence-corrected chi connectivity index (χ0v) is 11.4. The maximum Gasteiger partial charge on any atom is 0.416 e. The second-order valence-electron chi connectivity index (χ2n) is 5.20. The van der Waals surface area contributed by atoms with E-state index in [0.29, 0.717) is 18.5 Å². The van der Waals surface area contributed by atoms with Crippen molar-refractivity contribution in [3.8, 4) is 0 Å². The van der Waals surface area contributed by atoms with Crippen molar-refractivity contribution in [3.63, 3.8) is 0 Å². The Morgan fingerprint density at radius 1 is 1.48 bits per heavy atom. The summed E-state index contributed by atoms with van der Waals surface area (Å²) in [5, 5.41) is 14.9. The molecule has 0 bridgehead atoms. The molecule has 3 N–H and O–H groups in total. The Balaban J connectivity index is 2.03. The molecule has 1 heterocycles. The van der Waals surface area contributed by atoms with Crippen LogP contribution < -0.4 is 10.6 Å². The summed E-state index contributed by atoms with van der Waals surface area (Å²) < 4.78 is 38.0. The van der Waals surface area contributed by atoms with Crippen molar-refractivity contribution >= 4 is 5.91 Å². The number of carbonyl (C=O) groups excluding carboxylic acids is 1. The Hall–Kier alpha value is -1.60. The van der Waals surface area contributed by atoms with Crippen LogP contribution in [-0.4, -0.2) is 29.7 Å². The molecule has 0 aromatic heterocycles. The number of carbonyl (C=O) groups is 1. The summed E-state index contributed by atoms with van der Waals surface area (Å²) in [5.74, 6) is -0.323. The summed E-state index contributed by atoms with van der Waals surface area (Å²) >= 11 is 0. The lowest BCUT2D eigenvalue weighted by molar-refractivity contribution is -0.137. The monoisotopic (exact) mass is 302 g/mol. The second kappa shape index (κ2) is 6.03. The molecule has 4 nitrogen and oxygen atoms in total.